The summed E-state index contributed by atoms with van der Waals surface area (Å²) in [5.74, 6) is 0. The van der Waals surface area contributed by atoms with Gasteiger partial charge in [0.15, 0.2) is 0 Å². The summed E-state index contributed by atoms with van der Waals surface area (Å²) in [6.45, 7) is 3.98. The molecule has 5 nitrogen and oxygen atoms in total. The number of nitrogens with zero attached hydrogens (tertiary/aromatic N) is 2. The van der Waals surface area contributed by atoms with E-state index in [1.165, 1.54) is 4.57 Å². The molecule has 3 aromatic rings. The van der Waals surface area contributed by atoms with E-state index in [1.807, 2.05) is 56.3 Å². The zero-order valence-corrected chi connectivity index (χ0v) is 18.2. The summed E-state index contributed by atoms with van der Waals surface area (Å²) in [4.78, 5) is 13.3. The average molecular weight is 418 g/mol. The fourth-order valence-electron chi connectivity index (χ4n) is 3.34. The third-order valence-electron chi connectivity index (χ3n) is 4.96. The molecule has 1 N–H and O–H groups in total. The standard InChI is InChI=1S/C21H24ClN3O2S/c1-13-10-15(16-12-20(22)25(4)21(26)17(16)11-13)14(2)24-18-8-6-7-9-19(18)28(5,27)23-3/h6-12,14,24H,1-5H3/t14-,28?/m1/s1. The number of hydrogen-bond donors (Lipinski definition) is 1. The lowest BCUT2D eigenvalue weighted by molar-refractivity contribution is 0.680. The maximum Gasteiger partial charge on any atom is 0.259 e. The largest absolute Gasteiger partial charge is 0.377 e. The Kier molecular flexibility index (Phi) is 5.55. The number of benzene rings is 2. The van der Waals surface area contributed by atoms with Gasteiger partial charge < -0.3 is 9.88 Å². The molecule has 0 aliphatic carbocycles. The van der Waals surface area contributed by atoms with Crippen molar-refractivity contribution in [3.63, 3.8) is 0 Å². The SMILES string of the molecule is CN=S(C)(=O)c1ccccc1N[C@H](C)c1cc(C)cc2c(=O)n(C)c(Cl)cc12. The monoisotopic (exact) mass is 417 g/mol. The molecule has 148 valence electrons. The zero-order chi connectivity index (χ0) is 20.6. The van der Waals surface area contributed by atoms with E-state index in [4.69, 9.17) is 11.6 Å². The second kappa shape index (κ2) is 7.60. The van der Waals surface area contributed by atoms with Crippen molar-refractivity contribution in [1.82, 2.24) is 4.57 Å². The number of rotatable bonds is 4. The summed E-state index contributed by atoms with van der Waals surface area (Å²) in [6, 6.07) is 13.1. The average Bonchev–Trinajstić information content (AvgIpc) is 2.66. The molecule has 0 radical (unpaired) electrons. The van der Waals surface area contributed by atoms with Crippen LogP contribution in [0, 0.1) is 6.92 Å². The molecule has 0 saturated heterocycles. The summed E-state index contributed by atoms with van der Waals surface area (Å²) in [5, 5.41) is 5.28. The molecule has 0 spiro atoms. The number of fused-ring (bicyclic) bond motifs is 1. The molecule has 0 fully saturated rings. The lowest BCUT2D eigenvalue weighted by atomic mass is 9.98. The van der Waals surface area contributed by atoms with Gasteiger partial charge in [0, 0.05) is 31.8 Å². The normalized spacial score (nSPS) is 14.5. The van der Waals surface area contributed by atoms with E-state index >= 15 is 0 Å². The molecule has 1 heterocycles. The van der Waals surface area contributed by atoms with Crippen LogP contribution in [0.15, 0.2) is 56.5 Å². The van der Waals surface area contributed by atoms with Crippen LogP contribution in [0.4, 0.5) is 5.69 Å². The van der Waals surface area contributed by atoms with Crippen LogP contribution in [0.3, 0.4) is 0 Å². The van der Waals surface area contributed by atoms with Crippen LogP contribution in [0.25, 0.3) is 10.8 Å². The fourth-order valence-corrected chi connectivity index (χ4v) is 4.59. The lowest BCUT2D eigenvalue weighted by Crippen LogP contribution is -2.19. The van der Waals surface area contributed by atoms with Crippen molar-refractivity contribution in [2.24, 2.45) is 11.4 Å². The van der Waals surface area contributed by atoms with Crippen molar-refractivity contribution in [1.29, 1.82) is 0 Å². The number of pyridine rings is 1. The van der Waals surface area contributed by atoms with E-state index in [2.05, 4.69) is 9.68 Å². The van der Waals surface area contributed by atoms with Crippen molar-refractivity contribution in [2.45, 2.75) is 24.8 Å². The molecule has 0 bridgehead atoms. The van der Waals surface area contributed by atoms with Crippen LogP contribution < -0.4 is 10.9 Å². The van der Waals surface area contributed by atoms with Gasteiger partial charge in [-0.3, -0.25) is 4.79 Å². The number of halogens is 1. The van der Waals surface area contributed by atoms with Gasteiger partial charge in [-0.25, -0.2) is 8.57 Å². The Hall–Kier alpha value is -2.31. The molecule has 0 saturated carbocycles. The number of anilines is 1. The molecule has 0 amide bonds. The first-order valence-electron chi connectivity index (χ1n) is 8.91. The Morgan fingerprint density at radius 2 is 1.86 bits per heavy atom. The Labute approximate surface area is 170 Å². The molecule has 1 aromatic heterocycles. The van der Waals surface area contributed by atoms with Crippen molar-refractivity contribution >= 4 is 37.8 Å². The van der Waals surface area contributed by atoms with Crippen LogP contribution in [0.5, 0.6) is 0 Å². The van der Waals surface area contributed by atoms with Crippen molar-refractivity contribution in [2.75, 3.05) is 18.6 Å². The van der Waals surface area contributed by atoms with Crippen molar-refractivity contribution in [3.8, 4) is 0 Å². The smallest absolute Gasteiger partial charge is 0.259 e. The topological polar surface area (TPSA) is 63.5 Å². The minimum atomic E-state index is -2.49. The quantitative estimate of drug-likeness (QED) is 0.622. The van der Waals surface area contributed by atoms with Crippen LogP contribution in [-0.2, 0) is 16.8 Å². The summed E-state index contributed by atoms with van der Waals surface area (Å²) >= 11 is 6.27. The maximum atomic E-state index is 12.8. The van der Waals surface area contributed by atoms with E-state index in [-0.39, 0.29) is 11.6 Å². The summed E-state index contributed by atoms with van der Waals surface area (Å²) in [5.41, 5.74) is 2.59. The highest BCUT2D eigenvalue weighted by molar-refractivity contribution is 7.93. The highest BCUT2D eigenvalue weighted by Gasteiger charge is 2.17. The first-order valence-corrected chi connectivity index (χ1v) is 11.2. The molecule has 1 unspecified atom stereocenters. The molecule has 0 aliphatic rings. The zero-order valence-electron chi connectivity index (χ0n) is 16.6. The van der Waals surface area contributed by atoms with Gasteiger partial charge in [-0.2, -0.15) is 0 Å². The lowest BCUT2D eigenvalue weighted by Gasteiger charge is -2.21. The molecular formula is C21H24ClN3O2S. The predicted molar refractivity (Wildman–Crippen MR) is 118 cm³/mol. The van der Waals surface area contributed by atoms with E-state index in [0.717, 1.165) is 22.2 Å². The van der Waals surface area contributed by atoms with Gasteiger partial charge in [0.2, 0.25) is 0 Å². The Morgan fingerprint density at radius 1 is 1.18 bits per heavy atom. The number of aryl methyl sites for hydroxylation is 1. The fraction of sp³-hybridized carbons (Fsp3) is 0.286. The third kappa shape index (κ3) is 3.66. The number of hydrogen-bond acceptors (Lipinski definition) is 4. The predicted octanol–water partition coefficient (Wildman–Crippen LogP) is 4.76. The summed E-state index contributed by atoms with van der Waals surface area (Å²) in [7, 11) is 0.738. The summed E-state index contributed by atoms with van der Waals surface area (Å²) < 4.78 is 18.3. The van der Waals surface area contributed by atoms with Gasteiger partial charge in [-0.15, -0.1) is 0 Å². The Balaban J connectivity index is 2.16. The minimum Gasteiger partial charge on any atom is -0.377 e. The third-order valence-corrected chi connectivity index (χ3v) is 7.19. The van der Waals surface area contributed by atoms with Gasteiger partial charge in [0.1, 0.15) is 5.15 Å². The van der Waals surface area contributed by atoms with Gasteiger partial charge in [0.05, 0.1) is 20.3 Å². The molecule has 0 aliphatic heterocycles. The van der Waals surface area contributed by atoms with Crippen LogP contribution in [-0.4, -0.2) is 22.1 Å². The number of nitrogens with one attached hydrogen (secondary N) is 1. The van der Waals surface area contributed by atoms with Gasteiger partial charge in [-0.1, -0.05) is 29.8 Å². The highest BCUT2D eigenvalue weighted by atomic mass is 35.5. The molecule has 3 rings (SSSR count). The Bertz CT molecular complexity index is 1240. The van der Waals surface area contributed by atoms with E-state index in [9.17, 15) is 9.00 Å². The molecule has 2 atom stereocenters. The van der Waals surface area contributed by atoms with E-state index in [0.29, 0.717) is 15.4 Å². The van der Waals surface area contributed by atoms with Crippen molar-refractivity contribution < 1.29 is 4.21 Å². The van der Waals surface area contributed by atoms with Crippen LogP contribution in [0.1, 0.15) is 24.1 Å². The van der Waals surface area contributed by atoms with Crippen LogP contribution >= 0.6 is 11.6 Å². The molecule has 7 heteroatoms. The first kappa shape index (κ1) is 20.4. The van der Waals surface area contributed by atoms with E-state index in [1.54, 1.807) is 20.4 Å². The number of para-hydroxylation sites is 1. The molecular weight excluding hydrogens is 394 g/mol. The Morgan fingerprint density at radius 3 is 2.54 bits per heavy atom. The maximum absolute atomic E-state index is 12.8. The summed E-state index contributed by atoms with van der Waals surface area (Å²) in [6.07, 6.45) is 1.63. The number of aromatic nitrogens is 1. The van der Waals surface area contributed by atoms with Gasteiger partial charge in [0.25, 0.3) is 5.56 Å². The van der Waals surface area contributed by atoms with Crippen LogP contribution in [0.2, 0.25) is 5.15 Å². The first-order chi connectivity index (χ1) is 13.2. The van der Waals surface area contributed by atoms with Crippen molar-refractivity contribution in [3.05, 3.63) is 69.1 Å². The van der Waals surface area contributed by atoms with Gasteiger partial charge in [-0.05, 0) is 54.6 Å². The van der Waals surface area contributed by atoms with Gasteiger partial charge >= 0.3 is 0 Å². The van der Waals surface area contributed by atoms with E-state index < -0.39 is 9.73 Å². The molecule has 2 aromatic carbocycles. The molecule has 28 heavy (non-hydrogen) atoms. The minimum absolute atomic E-state index is 0.124. The second-order valence-electron chi connectivity index (χ2n) is 6.99. The highest BCUT2D eigenvalue weighted by Crippen LogP contribution is 2.31. The second-order valence-corrected chi connectivity index (χ2v) is 9.79.